The summed E-state index contributed by atoms with van der Waals surface area (Å²) in [5.74, 6) is -1.74. The molecule has 0 aliphatic rings. The van der Waals surface area contributed by atoms with Crippen molar-refractivity contribution in [3.63, 3.8) is 0 Å². The maximum Gasteiger partial charge on any atom is 0.159 e. The van der Waals surface area contributed by atoms with Gasteiger partial charge in [0.05, 0.1) is 0 Å². The van der Waals surface area contributed by atoms with E-state index in [9.17, 15) is 8.78 Å². The molecule has 0 aliphatic carbocycles. The molecule has 0 heterocycles. The van der Waals surface area contributed by atoms with E-state index in [2.05, 4.69) is 10.0 Å². The normalized spacial score (nSPS) is 10.1. The number of halogens is 2. The predicted octanol–water partition coefficient (Wildman–Crippen LogP) is 3.33. The highest BCUT2D eigenvalue weighted by atomic mass is 19.2. The molecule has 5 heteroatoms. The van der Waals surface area contributed by atoms with E-state index in [1.165, 1.54) is 12.3 Å². The molecule has 0 fully saturated rings. The summed E-state index contributed by atoms with van der Waals surface area (Å²) in [7, 11) is 0. The number of allylic oxidation sites excluding steroid dienone is 1. The van der Waals surface area contributed by atoms with Crippen molar-refractivity contribution in [3.05, 3.63) is 58.1 Å². The van der Waals surface area contributed by atoms with Gasteiger partial charge in [0.15, 0.2) is 11.6 Å². The summed E-state index contributed by atoms with van der Waals surface area (Å²) in [4.78, 5) is 2.50. The maximum absolute atomic E-state index is 12.7. The molecule has 0 amide bonds. The first-order valence-electron chi connectivity index (χ1n) is 3.87. The molecule has 0 unspecified atom stereocenters. The molecule has 0 aliphatic heterocycles. The van der Waals surface area contributed by atoms with Crippen LogP contribution in [0.2, 0.25) is 0 Å². The van der Waals surface area contributed by atoms with Gasteiger partial charge in [0.2, 0.25) is 0 Å². The Morgan fingerprint density at radius 3 is 2.79 bits per heavy atom. The first kappa shape index (κ1) is 10.2. The molecule has 3 nitrogen and oxygen atoms in total. The molecule has 0 N–H and O–H groups in total. The zero-order chi connectivity index (χ0) is 10.4. The van der Waals surface area contributed by atoms with Crippen molar-refractivity contribution in [3.8, 4) is 0 Å². The second-order valence-electron chi connectivity index (χ2n) is 2.54. The summed E-state index contributed by atoms with van der Waals surface area (Å²) in [6.45, 7) is 0. The first-order valence-corrected chi connectivity index (χ1v) is 3.87. The highest BCUT2D eigenvalue weighted by molar-refractivity contribution is 5.20. The minimum atomic E-state index is -0.875. The lowest BCUT2D eigenvalue weighted by molar-refractivity contribution is 0.507. The monoisotopic (exact) mass is 195 g/mol. The minimum Gasteiger partial charge on any atom is -0.204 e. The van der Waals surface area contributed by atoms with Gasteiger partial charge in [0, 0.05) is 4.91 Å². The van der Waals surface area contributed by atoms with Crippen LogP contribution in [0.4, 0.5) is 8.78 Å². The fourth-order valence-electron chi connectivity index (χ4n) is 0.932. The van der Waals surface area contributed by atoms with Crippen molar-refractivity contribution in [1.29, 1.82) is 0 Å². The summed E-state index contributed by atoms with van der Waals surface area (Å²) < 4.78 is 25.2. The van der Waals surface area contributed by atoms with Gasteiger partial charge in [-0.2, -0.15) is 0 Å². The van der Waals surface area contributed by atoms with Crippen molar-refractivity contribution in [2.24, 2.45) is 5.11 Å². The van der Waals surface area contributed by atoms with Gasteiger partial charge in [-0.15, -0.1) is 0 Å². The van der Waals surface area contributed by atoms with Crippen LogP contribution in [-0.2, 0) is 6.42 Å². The molecular weight excluding hydrogens is 188 g/mol. The largest absolute Gasteiger partial charge is 0.204 e. The standard InChI is InChI=1S/C9H7F2N3/c10-8-4-3-7(6-9(8)11)2-1-5-13-14-12/h1,3-6H,2H2/b5-1+. The number of rotatable bonds is 3. The topological polar surface area (TPSA) is 48.8 Å². The number of hydrogen-bond acceptors (Lipinski definition) is 1. The number of hydrogen-bond donors (Lipinski definition) is 0. The van der Waals surface area contributed by atoms with Crippen LogP contribution in [0.25, 0.3) is 10.4 Å². The summed E-state index contributed by atoms with van der Waals surface area (Å²) >= 11 is 0. The van der Waals surface area contributed by atoms with E-state index in [4.69, 9.17) is 5.53 Å². The molecule has 0 aromatic heterocycles. The lowest BCUT2D eigenvalue weighted by Gasteiger charge is -1.96. The molecule has 72 valence electrons. The molecule has 0 saturated heterocycles. The summed E-state index contributed by atoms with van der Waals surface area (Å²) in [6, 6.07) is 3.64. The molecule has 0 radical (unpaired) electrons. The van der Waals surface area contributed by atoms with Crippen LogP contribution >= 0.6 is 0 Å². The Hall–Kier alpha value is -1.87. The Bertz CT molecular complexity index is 395. The molecule has 1 aromatic rings. The van der Waals surface area contributed by atoms with Crippen LogP contribution in [0.15, 0.2) is 35.6 Å². The average Bonchev–Trinajstić information content (AvgIpc) is 2.18. The fourth-order valence-corrected chi connectivity index (χ4v) is 0.932. The Labute approximate surface area is 79.3 Å². The van der Waals surface area contributed by atoms with E-state index in [-0.39, 0.29) is 0 Å². The van der Waals surface area contributed by atoms with Crippen molar-refractivity contribution >= 4 is 0 Å². The molecule has 0 bridgehead atoms. The van der Waals surface area contributed by atoms with Crippen LogP contribution < -0.4 is 0 Å². The Morgan fingerprint density at radius 2 is 2.14 bits per heavy atom. The molecular formula is C9H7F2N3. The smallest absolute Gasteiger partial charge is 0.159 e. The zero-order valence-corrected chi connectivity index (χ0v) is 7.19. The second-order valence-corrected chi connectivity index (χ2v) is 2.54. The highest BCUT2D eigenvalue weighted by Gasteiger charge is 2.00. The quantitative estimate of drug-likeness (QED) is 0.403. The lowest BCUT2D eigenvalue weighted by Crippen LogP contribution is -1.87. The number of nitrogens with zero attached hydrogens (tertiary/aromatic N) is 3. The summed E-state index contributed by atoms with van der Waals surface area (Å²) in [5.41, 5.74) is 8.56. The molecule has 14 heavy (non-hydrogen) atoms. The first-order chi connectivity index (χ1) is 6.74. The Morgan fingerprint density at radius 1 is 1.36 bits per heavy atom. The SMILES string of the molecule is [N-]=[N+]=N/C=C/Cc1ccc(F)c(F)c1. The predicted molar refractivity (Wildman–Crippen MR) is 48.3 cm³/mol. The minimum absolute atomic E-state index is 0.399. The number of benzene rings is 1. The average molecular weight is 195 g/mol. The molecule has 1 rings (SSSR count). The van der Waals surface area contributed by atoms with E-state index in [0.29, 0.717) is 12.0 Å². The highest BCUT2D eigenvalue weighted by Crippen LogP contribution is 2.09. The van der Waals surface area contributed by atoms with Gasteiger partial charge in [-0.25, -0.2) is 8.78 Å². The van der Waals surface area contributed by atoms with Gasteiger partial charge in [0.25, 0.3) is 0 Å². The molecule has 0 atom stereocenters. The van der Waals surface area contributed by atoms with Crippen molar-refractivity contribution < 1.29 is 8.78 Å². The van der Waals surface area contributed by atoms with E-state index >= 15 is 0 Å². The van der Waals surface area contributed by atoms with E-state index in [1.807, 2.05) is 0 Å². The molecule has 0 saturated carbocycles. The van der Waals surface area contributed by atoms with E-state index in [1.54, 1.807) is 6.08 Å². The third-order valence-corrected chi connectivity index (χ3v) is 1.56. The van der Waals surface area contributed by atoms with Gasteiger partial charge < -0.3 is 0 Å². The van der Waals surface area contributed by atoms with Crippen molar-refractivity contribution in [2.45, 2.75) is 6.42 Å². The fraction of sp³-hybridized carbons (Fsp3) is 0.111. The Kier molecular flexibility index (Phi) is 3.64. The third kappa shape index (κ3) is 2.88. The summed E-state index contributed by atoms with van der Waals surface area (Å²) in [5, 5.41) is 3.16. The van der Waals surface area contributed by atoms with E-state index < -0.39 is 11.6 Å². The van der Waals surface area contributed by atoms with Gasteiger partial charge in [-0.1, -0.05) is 17.3 Å². The second kappa shape index (κ2) is 4.99. The lowest BCUT2D eigenvalue weighted by atomic mass is 10.1. The van der Waals surface area contributed by atoms with Gasteiger partial charge in [-0.3, -0.25) is 0 Å². The van der Waals surface area contributed by atoms with Crippen LogP contribution in [0.1, 0.15) is 5.56 Å². The molecule has 1 aromatic carbocycles. The third-order valence-electron chi connectivity index (χ3n) is 1.56. The van der Waals surface area contributed by atoms with E-state index in [0.717, 1.165) is 12.1 Å². The maximum atomic E-state index is 12.7. The van der Waals surface area contributed by atoms with Crippen molar-refractivity contribution in [2.75, 3.05) is 0 Å². The summed E-state index contributed by atoms with van der Waals surface area (Å²) in [6.07, 6.45) is 3.23. The molecule has 0 spiro atoms. The van der Waals surface area contributed by atoms with Crippen LogP contribution in [0, 0.1) is 11.6 Å². The number of azide groups is 1. The van der Waals surface area contributed by atoms with Crippen LogP contribution in [0.3, 0.4) is 0 Å². The zero-order valence-electron chi connectivity index (χ0n) is 7.19. The van der Waals surface area contributed by atoms with Gasteiger partial charge >= 0.3 is 0 Å². The van der Waals surface area contributed by atoms with Crippen molar-refractivity contribution in [1.82, 2.24) is 0 Å². The van der Waals surface area contributed by atoms with Gasteiger partial charge in [-0.05, 0) is 35.8 Å². The van der Waals surface area contributed by atoms with Gasteiger partial charge in [0.1, 0.15) is 0 Å². The van der Waals surface area contributed by atoms with Crippen LogP contribution in [0.5, 0.6) is 0 Å². The Balaban J connectivity index is 2.68. The van der Waals surface area contributed by atoms with Crippen LogP contribution in [-0.4, -0.2) is 0 Å².